The lowest BCUT2D eigenvalue weighted by molar-refractivity contribution is 0.0960. The van der Waals surface area contributed by atoms with Crippen LogP contribution in [0.4, 0.5) is 0 Å². The molecular formula is C11H17N3O2. The summed E-state index contributed by atoms with van der Waals surface area (Å²) < 4.78 is 5.14. The number of carbonyl (C=O) groups excluding carboxylic acids is 1. The highest BCUT2D eigenvalue weighted by Crippen LogP contribution is 2.28. The molecule has 88 valence electrons. The van der Waals surface area contributed by atoms with Gasteiger partial charge >= 0.3 is 0 Å². The van der Waals surface area contributed by atoms with Crippen LogP contribution in [0.5, 0.6) is 0 Å². The molecule has 1 fully saturated rings. The summed E-state index contributed by atoms with van der Waals surface area (Å²) >= 11 is 0. The molecule has 0 saturated carbocycles. The van der Waals surface area contributed by atoms with E-state index in [0.29, 0.717) is 17.2 Å². The van der Waals surface area contributed by atoms with Crippen LogP contribution in [0.3, 0.4) is 0 Å². The highest BCUT2D eigenvalue weighted by atomic mass is 16.5. The van der Waals surface area contributed by atoms with Crippen molar-refractivity contribution in [3.63, 3.8) is 0 Å². The second-order valence-electron chi connectivity index (χ2n) is 4.10. The number of aromatic nitrogens is 1. The number of carbonyl (C=O) groups is 1. The molecule has 5 nitrogen and oxygen atoms in total. The zero-order valence-electron chi connectivity index (χ0n) is 9.67. The van der Waals surface area contributed by atoms with Crippen molar-refractivity contribution in [2.24, 2.45) is 0 Å². The van der Waals surface area contributed by atoms with Crippen molar-refractivity contribution in [1.82, 2.24) is 15.8 Å². The number of rotatable bonds is 2. The summed E-state index contributed by atoms with van der Waals surface area (Å²) in [6.07, 6.45) is 2.02. The quantitative estimate of drug-likeness (QED) is 0.778. The Labute approximate surface area is 94.6 Å². The SMILES string of the molecule is CNC(=O)c1c(C2CCNCC2)noc1C. The fourth-order valence-corrected chi connectivity index (χ4v) is 2.16. The van der Waals surface area contributed by atoms with Gasteiger partial charge in [0.15, 0.2) is 0 Å². The molecule has 5 heteroatoms. The van der Waals surface area contributed by atoms with E-state index in [2.05, 4.69) is 15.8 Å². The van der Waals surface area contributed by atoms with Crippen LogP contribution >= 0.6 is 0 Å². The summed E-state index contributed by atoms with van der Waals surface area (Å²) in [5.74, 6) is 0.839. The second-order valence-corrected chi connectivity index (χ2v) is 4.10. The van der Waals surface area contributed by atoms with E-state index in [0.717, 1.165) is 31.6 Å². The Morgan fingerprint density at radius 3 is 2.81 bits per heavy atom. The van der Waals surface area contributed by atoms with Gasteiger partial charge in [-0.25, -0.2) is 0 Å². The van der Waals surface area contributed by atoms with Crippen molar-refractivity contribution in [2.45, 2.75) is 25.7 Å². The van der Waals surface area contributed by atoms with Gasteiger partial charge in [0.2, 0.25) is 0 Å². The molecule has 1 aliphatic heterocycles. The normalized spacial score (nSPS) is 17.4. The molecule has 0 bridgehead atoms. The fraction of sp³-hybridized carbons (Fsp3) is 0.636. The summed E-state index contributed by atoms with van der Waals surface area (Å²) in [6.45, 7) is 3.73. The number of hydrogen-bond acceptors (Lipinski definition) is 4. The highest BCUT2D eigenvalue weighted by molar-refractivity contribution is 5.96. The van der Waals surface area contributed by atoms with Gasteiger partial charge in [-0.2, -0.15) is 0 Å². The predicted molar refractivity (Wildman–Crippen MR) is 59.5 cm³/mol. The van der Waals surface area contributed by atoms with Gasteiger partial charge in [-0.05, 0) is 32.9 Å². The van der Waals surface area contributed by atoms with Gasteiger partial charge in [0.1, 0.15) is 11.3 Å². The zero-order valence-corrected chi connectivity index (χ0v) is 9.67. The first-order chi connectivity index (χ1) is 7.74. The van der Waals surface area contributed by atoms with Crippen LogP contribution in [-0.4, -0.2) is 31.2 Å². The lowest BCUT2D eigenvalue weighted by Crippen LogP contribution is -2.28. The Kier molecular flexibility index (Phi) is 3.24. The maximum absolute atomic E-state index is 11.7. The molecular weight excluding hydrogens is 206 g/mol. The summed E-state index contributed by atoms with van der Waals surface area (Å²) in [6, 6.07) is 0. The Morgan fingerprint density at radius 1 is 1.50 bits per heavy atom. The topological polar surface area (TPSA) is 67.2 Å². The molecule has 0 unspecified atom stereocenters. The van der Waals surface area contributed by atoms with Crippen LogP contribution in [-0.2, 0) is 0 Å². The summed E-state index contributed by atoms with van der Waals surface area (Å²) in [5, 5.41) is 9.97. The molecule has 0 aliphatic carbocycles. The van der Waals surface area contributed by atoms with E-state index < -0.39 is 0 Å². The molecule has 1 aliphatic rings. The molecule has 1 amide bonds. The molecule has 1 saturated heterocycles. The van der Waals surface area contributed by atoms with Gasteiger partial charge < -0.3 is 15.2 Å². The lowest BCUT2D eigenvalue weighted by atomic mass is 9.91. The molecule has 1 aromatic rings. The summed E-state index contributed by atoms with van der Waals surface area (Å²) in [7, 11) is 1.63. The van der Waals surface area contributed by atoms with Gasteiger partial charge in [0, 0.05) is 13.0 Å². The molecule has 2 heterocycles. The van der Waals surface area contributed by atoms with Crippen molar-refractivity contribution in [3.05, 3.63) is 17.0 Å². The van der Waals surface area contributed by atoms with Crippen LogP contribution < -0.4 is 10.6 Å². The number of nitrogens with one attached hydrogen (secondary N) is 2. The fourth-order valence-electron chi connectivity index (χ4n) is 2.16. The van der Waals surface area contributed by atoms with E-state index >= 15 is 0 Å². The maximum Gasteiger partial charge on any atom is 0.256 e. The van der Waals surface area contributed by atoms with E-state index in [1.54, 1.807) is 14.0 Å². The number of aryl methyl sites for hydroxylation is 1. The number of hydrogen-bond donors (Lipinski definition) is 2. The second kappa shape index (κ2) is 4.65. The standard InChI is InChI=1S/C11H17N3O2/c1-7-9(11(15)12-2)10(14-16-7)8-3-5-13-6-4-8/h8,13H,3-6H2,1-2H3,(H,12,15). The minimum atomic E-state index is -0.104. The van der Waals surface area contributed by atoms with Crippen molar-refractivity contribution in [3.8, 4) is 0 Å². The van der Waals surface area contributed by atoms with Crippen molar-refractivity contribution in [2.75, 3.05) is 20.1 Å². The zero-order chi connectivity index (χ0) is 11.5. The van der Waals surface area contributed by atoms with E-state index in [1.807, 2.05) is 0 Å². The molecule has 2 N–H and O–H groups in total. The summed E-state index contributed by atoms with van der Waals surface area (Å²) in [4.78, 5) is 11.7. The third-order valence-electron chi connectivity index (χ3n) is 3.07. The van der Waals surface area contributed by atoms with Gasteiger partial charge in [0.25, 0.3) is 5.91 Å². The minimum absolute atomic E-state index is 0.104. The predicted octanol–water partition coefficient (Wildman–Crippen LogP) is 0.810. The molecule has 16 heavy (non-hydrogen) atoms. The summed E-state index contributed by atoms with van der Waals surface area (Å²) in [5.41, 5.74) is 1.44. The van der Waals surface area contributed by atoms with E-state index in [9.17, 15) is 4.79 Å². The third kappa shape index (κ3) is 1.95. The molecule has 1 aromatic heterocycles. The highest BCUT2D eigenvalue weighted by Gasteiger charge is 2.26. The molecule has 0 atom stereocenters. The first-order valence-electron chi connectivity index (χ1n) is 5.63. The van der Waals surface area contributed by atoms with E-state index in [-0.39, 0.29) is 5.91 Å². The minimum Gasteiger partial charge on any atom is -0.361 e. The smallest absolute Gasteiger partial charge is 0.256 e. The molecule has 0 radical (unpaired) electrons. The van der Waals surface area contributed by atoms with Crippen molar-refractivity contribution < 1.29 is 9.32 Å². The Hall–Kier alpha value is -1.36. The van der Waals surface area contributed by atoms with Gasteiger partial charge in [-0.15, -0.1) is 0 Å². The maximum atomic E-state index is 11.7. The van der Waals surface area contributed by atoms with E-state index in [4.69, 9.17) is 4.52 Å². The Morgan fingerprint density at radius 2 is 2.19 bits per heavy atom. The number of amides is 1. The van der Waals surface area contributed by atoms with Gasteiger partial charge in [-0.1, -0.05) is 5.16 Å². The van der Waals surface area contributed by atoms with Crippen molar-refractivity contribution >= 4 is 5.91 Å². The van der Waals surface area contributed by atoms with Crippen LogP contribution in [0.25, 0.3) is 0 Å². The van der Waals surface area contributed by atoms with Crippen LogP contribution in [0.2, 0.25) is 0 Å². The number of piperidine rings is 1. The largest absolute Gasteiger partial charge is 0.361 e. The lowest BCUT2D eigenvalue weighted by Gasteiger charge is -2.21. The Bertz CT molecular complexity index is 381. The number of nitrogens with zero attached hydrogens (tertiary/aromatic N) is 1. The van der Waals surface area contributed by atoms with E-state index in [1.165, 1.54) is 0 Å². The van der Waals surface area contributed by atoms with Gasteiger partial charge in [-0.3, -0.25) is 4.79 Å². The van der Waals surface area contributed by atoms with Crippen LogP contribution in [0.1, 0.15) is 40.6 Å². The van der Waals surface area contributed by atoms with Crippen molar-refractivity contribution in [1.29, 1.82) is 0 Å². The average Bonchev–Trinajstić information content (AvgIpc) is 2.71. The molecule has 2 rings (SSSR count). The monoisotopic (exact) mass is 223 g/mol. The third-order valence-corrected chi connectivity index (χ3v) is 3.07. The Balaban J connectivity index is 2.29. The van der Waals surface area contributed by atoms with Gasteiger partial charge in [0.05, 0.1) is 5.69 Å². The average molecular weight is 223 g/mol. The van der Waals surface area contributed by atoms with Crippen LogP contribution in [0.15, 0.2) is 4.52 Å². The molecule has 0 aromatic carbocycles. The molecule has 0 spiro atoms. The van der Waals surface area contributed by atoms with Crippen LogP contribution in [0, 0.1) is 6.92 Å². The first kappa shape index (κ1) is 11.1. The first-order valence-corrected chi connectivity index (χ1v) is 5.63.